The van der Waals surface area contributed by atoms with Crippen molar-refractivity contribution in [2.24, 2.45) is 0 Å². The standard InChI is InChI=1S/C23H26Cl3NO7/c24-23(25,26)14-33-22(30)27-18-20(32-13-16-9-5-2-6-10-16)19(17(11-28)34-21(18)29)31-12-15-7-3-1-4-8-15/h1-10,17-21,28-29H,11-14H2,(H,27,30). The Balaban J connectivity index is 1.79. The second-order valence-electron chi connectivity index (χ2n) is 7.63. The van der Waals surface area contributed by atoms with Gasteiger partial charge in [0.15, 0.2) is 6.29 Å². The molecule has 1 aliphatic rings. The Hall–Kier alpha value is -1.62. The molecular weight excluding hydrogens is 509 g/mol. The lowest BCUT2D eigenvalue weighted by molar-refractivity contribution is -0.274. The van der Waals surface area contributed by atoms with E-state index in [0.717, 1.165) is 11.1 Å². The minimum Gasteiger partial charge on any atom is -0.445 e. The Kier molecular flexibility index (Phi) is 10.2. The summed E-state index contributed by atoms with van der Waals surface area (Å²) >= 11 is 16.9. The topological polar surface area (TPSA) is 106 Å². The number of carbonyl (C=O) groups is 1. The molecule has 3 rings (SSSR count). The third-order valence-electron chi connectivity index (χ3n) is 5.07. The van der Waals surface area contributed by atoms with Crippen molar-refractivity contribution in [2.45, 2.75) is 47.7 Å². The normalized spacial score (nSPS) is 25.0. The average molecular weight is 535 g/mol. The number of hydrogen-bond donors (Lipinski definition) is 3. The van der Waals surface area contributed by atoms with E-state index in [1.54, 1.807) is 0 Å². The SMILES string of the molecule is O=C(NC1C(O)OC(CO)C(OCc2ccccc2)C1OCc1ccccc1)OCC(Cl)(Cl)Cl. The molecule has 3 N–H and O–H groups in total. The Morgan fingerprint density at radius 1 is 0.941 bits per heavy atom. The molecule has 0 spiro atoms. The van der Waals surface area contributed by atoms with Gasteiger partial charge in [0, 0.05) is 0 Å². The summed E-state index contributed by atoms with van der Waals surface area (Å²) in [5, 5.41) is 23.0. The molecule has 1 aliphatic heterocycles. The van der Waals surface area contributed by atoms with Crippen LogP contribution < -0.4 is 5.32 Å². The number of alkyl halides is 3. The highest BCUT2D eigenvalue weighted by atomic mass is 35.6. The predicted octanol–water partition coefficient (Wildman–Crippen LogP) is 3.33. The van der Waals surface area contributed by atoms with Crippen molar-refractivity contribution < 1.29 is 34.0 Å². The van der Waals surface area contributed by atoms with Gasteiger partial charge in [-0.2, -0.15) is 0 Å². The van der Waals surface area contributed by atoms with Gasteiger partial charge in [-0.05, 0) is 11.1 Å². The van der Waals surface area contributed by atoms with Crippen molar-refractivity contribution in [3.8, 4) is 0 Å². The fraction of sp³-hybridized carbons (Fsp3) is 0.435. The first-order chi connectivity index (χ1) is 16.3. The molecule has 1 saturated heterocycles. The molecule has 0 aliphatic carbocycles. The van der Waals surface area contributed by atoms with E-state index in [1.807, 2.05) is 60.7 Å². The van der Waals surface area contributed by atoms with E-state index in [-0.39, 0.29) is 13.2 Å². The number of aliphatic hydroxyl groups is 2. The fourth-order valence-electron chi connectivity index (χ4n) is 3.48. The van der Waals surface area contributed by atoms with Gasteiger partial charge in [-0.3, -0.25) is 0 Å². The first-order valence-electron chi connectivity index (χ1n) is 10.5. The van der Waals surface area contributed by atoms with Gasteiger partial charge in [0.2, 0.25) is 3.79 Å². The molecule has 11 heteroatoms. The summed E-state index contributed by atoms with van der Waals surface area (Å²) in [6, 6.07) is 17.6. The van der Waals surface area contributed by atoms with Gasteiger partial charge in [0.05, 0.1) is 19.8 Å². The molecule has 1 fully saturated rings. The van der Waals surface area contributed by atoms with E-state index in [9.17, 15) is 15.0 Å². The molecule has 0 saturated carbocycles. The zero-order valence-corrected chi connectivity index (χ0v) is 20.3. The van der Waals surface area contributed by atoms with Gasteiger partial charge in [0.1, 0.15) is 31.0 Å². The predicted molar refractivity (Wildman–Crippen MR) is 127 cm³/mol. The van der Waals surface area contributed by atoms with Crippen LogP contribution >= 0.6 is 34.8 Å². The van der Waals surface area contributed by atoms with Crippen LogP contribution in [0.1, 0.15) is 11.1 Å². The zero-order valence-electron chi connectivity index (χ0n) is 18.1. The molecule has 2 aromatic rings. The second kappa shape index (κ2) is 12.9. The van der Waals surface area contributed by atoms with Gasteiger partial charge in [-0.1, -0.05) is 95.5 Å². The van der Waals surface area contributed by atoms with Crippen molar-refractivity contribution in [1.82, 2.24) is 5.32 Å². The molecule has 8 nitrogen and oxygen atoms in total. The van der Waals surface area contributed by atoms with Crippen LogP contribution in [0.15, 0.2) is 60.7 Å². The largest absolute Gasteiger partial charge is 0.445 e. The smallest absolute Gasteiger partial charge is 0.407 e. The van der Waals surface area contributed by atoms with Crippen LogP contribution in [0, 0.1) is 0 Å². The number of aliphatic hydroxyl groups excluding tert-OH is 2. The number of carbonyl (C=O) groups excluding carboxylic acids is 1. The van der Waals surface area contributed by atoms with E-state index in [0.29, 0.717) is 0 Å². The first-order valence-corrected chi connectivity index (χ1v) is 11.7. The van der Waals surface area contributed by atoms with E-state index in [4.69, 9.17) is 53.8 Å². The molecular formula is C23H26Cl3NO7. The summed E-state index contributed by atoms with van der Waals surface area (Å²) in [5.74, 6) is 0. The highest BCUT2D eigenvalue weighted by Crippen LogP contribution is 2.28. The molecule has 2 aromatic carbocycles. The molecule has 1 amide bonds. The van der Waals surface area contributed by atoms with Crippen molar-refractivity contribution in [3.63, 3.8) is 0 Å². The quantitative estimate of drug-likeness (QED) is 0.424. The van der Waals surface area contributed by atoms with E-state index in [1.165, 1.54) is 0 Å². The Labute approximate surface area is 212 Å². The fourth-order valence-corrected chi connectivity index (χ4v) is 3.64. The lowest BCUT2D eigenvalue weighted by Crippen LogP contribution is -2.65. The minimum atomic E-state index is -1.80. The summed E-state index contributed by atoms with van der Waals surface area (Å²) in [5.41, 5.74) is 1.75. The summed E-state index contributed by atoms with van der Waals surface area (Å²) in [4.78, 5) is 12.3. The summed E-state index contributed by atoms with van der Waals surface area (Å²) in [6.45, 7) is -0.595. The van der Waals surface area contributed by atoms with Crippen LogP contribution in [-0.2, 0) is 32.2 Å². The maximum Gasteiger partial charge on any atom is 0.407 e. The number of halogens is 3. The van der Waals surface area contributed by atoms with Crippen molar-refractivity contribution in [2.75, 3.05) is 13.2 Å². The van der Waals surface area contributed by atoms with Gasteiger partial charge in [-0.25, -0.2) is 4.79 Å². The number of benzene rings is 2. The summed E-state index contributed by atoms with van der Waals surface area (Å²) in [6.07, 6.45) is -5.12. The van der Waals surface area contributed by atoms with Crippen LogP contribution in [0.5, 0.6) is 0 Å². The Morgan fingerprint density at radius 2 is 1.47 bits per heavy atom. The van der Waals surface area contributed by atoms with Gasteiger partial charge < -0.3 is 34.5 Å². The summed E-state index contributed by atoms with van der Waals surface area (Å²) in [7, 11) is 0. The maximum absolute atomic E-state index is 12.3. The molecule has 5 unspecified atom stereocenters. The Bertz CT molecular complexity index is 885. The summed E-state index contributed by atoms with van der Waals surface area (Å²) < 4.78 is 20.8. The monoisotopic (exact) mass is 533 g/mol. The highest BCUT2D eigenvalue weighted by Gasteiger charge is 2.48. The Morgan fingerprint density at radius 3 is 1.97 bits per heavy atom. The highest BCUT2D eigenvalue weighted by molar-refractivity contribution is 6.67. The maximum atomic E-state index is 12.3. The second-order valence-corrected chi connectivity index (χ2v) is 10.1. The molecule has 34 heavy (non-hydrogen) atoms. The molecule has 1 heterocycles. The van der Waals surface area contributed by atoms with Crippen LogP contribution in [0.25, 0.3) is 0 Å². The molecule has 0 aromatic heterocycles. The van der Waals surface area contributed by atoms with E-state index in [2.05, 4.69) is 5.32 Å². The lowest BCUT2D eigenvalue weighted by Gasteiger charge is -2.44. The van der Waals surface area contributed by atoms with Crippen LogP contribution in [0.4, 0.5) is 4.79 Å². The van der Waals surface area contributed by atoms with E-state index < -0.39 is 53.7 Å². The van der Waals surface area contributed by atoms with E-state index >= 15 is 0 Å². The molecule has 0 radical (unpaired) electrons. The molecule has 5 atom stereocenters. The average Bonchev–Trinajstić information content (AvgIpc) is 2.82. The first kappa shape index (κ1) is 27.0. The molecule has 186 valence electrons. The zero-order chi connectivity index (χ0) is 24.6. The third-order valence-corrected chi connectivity index (χ3v) is 5.39. The van der Waals surface area contributed by atoms with Crippen molar-refractivity contribution >= 4 is 40.9 Å². The number of ether oxygens (including phenoxy) is 4. The number of amides is 1. The number of rotatable bonds is 9. The van der Waals surface area contributed by atoms with Crippen molar-refractivity contribution in [1.29, 1.82) is 0 Å². The van der Waals surface area contributed by atoms with Gasteiger partial charge >= 0.3 is 6.09 Å². The van der Waals surface area contributed by atoms with Crippen LogP contribution in [0.3, 0.4) is 0 Å². The lowest BCUT2D eigenvalue weighted by atomic mass is 9.96. The van der Waals surface area contributed by atoms with Crippen LogP contribution in [0.2, 0.25) is 0 Å². The van der Waals surface area contributed by atoms with Crippen molar-refractivity contribution in [3.05, 3.63) is 71.8 Å². The number of nitrogens with one attached hydrogen (secondary N) is 1. The minimum absolute atomic E-state index is 0.156. The number of hydrogen-bond acceptors (Lipinski definition) is 7. The van der Waals surface area contributed by atoms with Gasteiger partial charge in [-0.15, -0.1) is 0 Å². The molecule has 0 bridgehead atoms. The number of alkyl carbamates (subject to hydrolysis) is 1. The van der Waals surface area contributed by atoms with Gasteiger partial charge in [0.25, 0.3) is 0 Å². The van der Waals surface area contributed by atoms with Crippen LogP contribution in [-0.4, -0.2) is 64.0 Å². The third kappa shape index (κ3) is 8.25.